The first-order valence-corrected chi connectivity index (χ1v) is 13.3. The predicted molar refractivity (Wildman–Crippen MR) is 158 cm³/mol. The fourth-order valence-corrected chi connectivity index (χ4v) is 4.55. The molecule has 1 fully saturated rings. The number of hydrogen-bond donors (Lipinski definition) is 2. The van der Waals surface area contributed by atoms with Crippen LogP contribution in [0.25, 0.3) is 6.08 Å². The zero-order chi connectivity index (χ0) is 29.8. The Morgan fingerprint density at radius 1 is 0.951 bits per heavy atom. The average molecular weight is 576 g/mol. The highest BCUT2D eigenvalue weighted by molar-refractivity contribution is 6.39. The van der Waals surface area contributed by atoms with Gasteiger partial charge in [-0.3, -0.25) is 19.7 Å². The minimum Gasteiger partial charge on any atom is -0.490 e. The van der Waals surface area contributed by atoms with Gasteiger partial charge in [-0.2, -0.15) is 0 Å². The van der Waals surface area contributed by atoms with Crippen molar-refractivity contribution < 1.29 is 28.7 Å². The number of hydrogen-bond acceptors (Lipinski definition) is 6. The lowest BCUT2D eigenvalue weighted by atomic mass is 10.0. The fourth-order valence-electron chi connectivity index (χ4n) is 4.28. The maximum absolute atomic E-state index is 13.3. The molecule has 1 aliphatic rings. The molecule has 1 aliphatic heterocycles. The molecule has 0 saturated carbocycles. The summed E-state index contributed by atoms with van der Waals surface area (Å²) in [5.41, 5.74) is 4.99. The summed E-state index contributed by atoms with van der Waals surface area (Å²) in [5, 5.41) is 5.13. The maximum atomic E-state index is 13.3. The molecule has 0 atom stereocenters. The highest BCUT2D eigenvalue weighted by atomic mass is 35.5. The van der Waals surface area contributed by atoms with E-state index in [9.17, 15) is 19.2 Å². The molecule has 0 aromatic heterocycles. The summed E-state index contributed by atoms with van der Waals surface area (Å²) in [6.45, 7) is 9.33. The van der Waals surface area contributed by atoms with E-state index in [0.29, 0.717) is 16.9 Å². The van der Waals surface area contributed by atoms with Crippen molar-refractivity contribution in [3.05, 3.63) is 86.9 Å². The molecule has 4 rings (SSSR count). The number of carbonyl (C=O) groups excluding carboxylic acids is 4. The van der Waals surface area contributed by atoms with Crippen LogP contribution in [0.1, 0.15) is 34.7 Å². The normalized spacial score (nSPS) is 14.2. The Kier molecular flexibility index (Phi) is 8.78. The smallest absolute Gasteiger partial charge is 0.335 e. The van der Waals surface area contributed by atoms with E-state index in [0.717, 1.165) is 27.2 Å². The number of amides is 5. The van der Waals surface area contributed by atoms with Crippen LogP contribution in [0, 0.1) is 27.7 Å². The first kappa shape index (κ1) is 29.4. The Balaban J connectivity index is 1.58. The summed E-state index contributed by atoms with van der Waals surface area (Å²) >= 11 is 6.51. The van der Waals surface area contributed by atoms with E-state index in [4.69, 9.17) is 21.1 Å². The number of nitrogens with zero attached hydrogens (tertiary/aromatic N) is 1. The maximum Gasteiger partial charge on any atom is 0.335 e. The third-order valence-electron chi connectivity index (χ3n) is 6.50. The van der Waals surface area contributed by atoms with Crippen LogP contribution in [-0.4, -0.2) is 37.0 Å². The molecule has 0 spiro atoms. The fraction of sp³-hybridized carbons (Fsp3) is 0.226. The number of aryl methyl sites for hydroxylation is 4. The Labute approximate surface area is 243 Å². The summed E-state index contributed by atoms with van der Waals surface area (Å²) in [5.74, 6) is -1.64. The van der Waals surface area contributed by atoms with Crippen LogP contribution in [-0.2, 0) is 14.4 Å². The predicted octanol–water partition coefficient (Wildman–Crippen LogP) is 5.66. The summed E-state index contributed by atoms with van der Waals surface area (Å²) in [7, 11) is 0. The number of carbonyl (C=O) groups is 4. The first-order chi connectivity index (χ1) is 19.5. The van der Waals surface area contributed by atoms with E-state index in [2.05, 4.69) is 10.6 Å². The number of benzene rings is 3. The molecule has 3 aromatic rings. The molecule has 0 radical (unpaired) electrons. The quantitative estimate of drug-likeness (QED) is 0.265. The molecule has 0 unspecified atom stereocenters. The number of halogens is 1. The summed E-state index contributed by atoms with van der Waals surface area (Å²) in [6, 6.07) is 13.0. The van der Waals surface area contributed by atoms with Gasteiger partial charge in [-0.25, -0.2) is 9.69 Å². The van der Waals surface area contributed by atoms with Crippen LogP contribution in [0.4, 0.5) is 16.2 Å². The summed E-state index contributed by atoms with van der Waals surface area (Å²) in [4.78, 5) is 52.1. The van der Waals surface area contributed by atoms with Gasteiger partial charge < -0.3 is 14.8 Å². The van der Waals surface area contributed by atoms with Crippen LogP contribution in [0.2, 0.25) is 5.02 Å². The van der Waals surface area contributed by atoms with Gasteiger partial charge in [-0.05, 0) is 93.3 Å². The van der Waals surface area contributed by atoms with E-state index in [1.165, 1.54) is 18.2 Å². The lowest BCUT2D eigenvalue weighted by molar-refractivity contribution is -0.122. The van der Waals surface area contributed by atoms with Crippen LogP contribution >= 0.6 is 11.6 Å². The van der Waals surface area contributed by atoms with Crippen molar-refractivity contribution in [1.82, 2.24) is 5.32 Å². The molecule has 3 aromatic carbocycles. The zero-order valence-electron chi connectivity index (χ0n) is 23.4. The van der Waals surface area contributed by atoms with Gasteiger partial charge in [0, 0.05) is 5.69 Å². The number of nitrogens with one attached hydrogen (secondary N) is 2. The van der Waals surface area contributed by atoms with Gasteiger partial charge in [0.2, 0.25) is 0 Å². The number of urea groups is 1. The third-order valence-corrected chi connectivity index (χ3v) is 6.78. The van der Waals surface area contributed by atoms with Gasteiger partial charge in [0.05, 0.1) is 17.3 Å². The van der Waals surface area contributed by atoms with E-state index in [-0.39, 0.29) is 41.2 Å². The van der Waals surface area contributed by atoms with Gasteiger partial charge in [-0.15, -0.1) is 0 Å². The van der Waals surface area contributed by atoms with E-state index >= 15 is 0 Å². The second kappa shape index (κ2) is 12.3. The molecule has 10 heteroatoms. The SMILES string of the molecule is CCOc1cc(/C=C2/C(=O)NC(=O)N(c3ccc(C)c(C)c3)C2=O)cc(Cl)c1OCC(=O)Nc1ccc(C)cc1C. The molecule has 41 heavy (non-hydrogen) atoms. The number of ether oxygens (including phenoxy) is 2. The van der Waals surface area contributed by atoms with Crippen molar-refractivity contribution in [2.75, 3.05) is 23.4 Å². The number of rotatable bonds is 8. The Morgan fingerprint density at radius 3 is 2.39 bits per heavy atom. The Hall–Kier alpha value is -4.63. The molecule has 1 saturated heterocycles. The highest BCUT2D eigenvalue weighted by Gasteiger charge is 2.37. The molecule has 5 amide bonds. The van der Waals surface area contributed by atoms with Crippen LogP contribution < -0.4 is 25.0 Å². The lowest BCUT2D eigenvalue weighted by Gasteiger charge is -2.27. The van der Waals surface area contributed by atoms with Crippen molar-refractivity contribution in [2.45, 2.75) is 34.6 Å². The zero-order valence-corrected chi connectivity index (χ0v) is 24.1. The molecular formula is C31H30ClN3O6. The van der Waals surface area contributed by atoms with E-state index in [1.807, 2.05) is 45.9 Å². The molecule has 0 bridgehead atoms. The number of barbiturate groups is 1. The number of imide groups is 2. The van der Waals surface area contributed by atoms with Crippen LogP contribution in [0.15, 0.2) is 54.1 Å². The largest absolute Gasteiger partial charge is 0.490 e. The van der Waals surface area contributed by atoms with E-state index < -0.39 is 17.8 Å². The second-order valence-electron chi connectivity index (χ2n) is 9.64. The van der Waals surface area contributed by atoms with Crippen molar-refractivity contribution >= 4 is 52.8 Å². The molecule has 2 N–H and O–H groups in total. The van der Waals surface area contributed by atoms with Crippen molar-refractivity contribution in [3.8, 4) is 11.5 Å². The van der Waals surface area contributed by atoms with Gasteiger partial charge >= 0.3 is 6.03 Å². The van der Waals surface area contributed by atoms with Crippen LogP contribution in [0.3, 0.4) is 0 Å². The highest BCUT2D eigenvalue weighted by Crippen LogP contribution is 2.38. The molecule has 212 valence electrons. The minimum absolute atomic E-state index is 0.105. The van der Waals surface area contributed by atoms with Crippen LogP contribution in [0.5, 0.6) is 11.5 Å². The van der Waals surface area contributed by atoms with Crippen molar-refractivity contribution in [3.63, 3.8) is 0 Å². The molecule has 0 aliphatic carbocycles. The minimum atomic E-state index is -0.837. The second-order valence-corrected chi connectivity index (χ2v) is 10.1. The van der Waals surface area contributed by atoms with Crippen molar-refractivity contribution in [1.29, 1.82) is 0 Å². The number of anilines is 2. The molecule has 1 heterocycles. The summed E-state index contributed by atoms with van der Waals surface area (Å²) in [6.07, 6.45) is 1.32. The third kappa shape index (κ3) is 6.58. The Morgan fingerprint density at radius 2 is 1.71 bits per heavy atom. The lowest BCUT2D eigenvalue weighted by Crippen LogP contribution is -2.54. The van der Waals surface area contributed by atoms with Gasteiger partial charge in [0.25, 0.3) is 17.7 Å². The Bertz CT molecular complexity index is 1600. The standard InChI is InChI=1S/C31H30ClN3O6/c1-6-40-26-15-21(14-24(32)28(26)41-16-27(36)33-25-10-7-17(2)11-20(25)5)13-23-29(37)34-31(39)35(30(23)38)22-9-8-18(3)19(4)12-22/h7-15H,6,16H2,1-5H3,(H,33,36)(H,34,37,39)/b23-13-. The molecule has 9 nitrogen and oxygen atoms in total. The van der Waals surface area contributed by atoms with Gasteiger partial charge in [-0.1, -0.05) is 35.4 Å². The van der Waals surface area contributed by atoms with Crippen molar-refractivity contribution in [2.24, 2.45) is 0 Å². The monoisotopic (exact) mass is 575 g/mol. The van der Waals surface area contributed by atoms with E-state index in [1.54, 1.807) is 25.1 Å². The molecular weight excluding hydrogens is 546 g/mol. The van der Waals surface area contributed by atoms with Gasteiger partial charge in [0.15, 0.2) is 18.1 Å². The first-order valence-electron chi connectivity index (χ1n) is 12.9. The average Bonchev–Trinajstić information content (AvgIpc) is 2.90. The summed E-state index contributed by atoms with van der Waals surface area (Å²) < 4.78 is 11.4. The topological polar surface area (TPSA) is 114 Å². The van der Waals surface area contributed by atoms with Gasteiger partial charge in [0.1, 0.15) is 5.57 Å².